The summed E-state index contributed by atoms with van der Waals surface area (Å²) in [6.45, 7) is 4.21. The Morgan fingerprint density at radius 2 is 1.69 bits per heavy atom. The lowest BCUT2D eigenvalue weighted by atomic mass is 10.1. The number of amides is 2. The van der Waals surface area contributed by atoms with Crippen molar-refractivity contribution in [2.75, 3.05) is 6.61 Å². The van der Waals surface area contributed by atoms with Crippen molar-refractivity contribution in [1.82, 2.24) is 10.9 Å². The van der Waals surface area contributed by atoms with E-state index in [1.807, 2.05) is 25.1 Å². The van der Waals surface area contributed by atoms with Crippen LogP contribution in [0, 0.1) is 6.92 Å². The molecule has 0 aliphatic carbocycles. The molecule has 0 radical (unpaired) electrons. The highest BCUT2D eigenvalue weighted by atomic mass is 16.5. The first-order chi connectivity index (χ1) is 14.0. The number of para-hydroxylation sites is 1. The van der Waals surface area contributed by atoms with E-state index >= 15 is 0 Å². The third-order valence-corrected chi connectivity index (χ3v) is 4.43. The minimum absolute atomic E-state index is 0.0271. The average molecular weight is 394 g/mol. The molecule has 7 nitrogen and oxygen atoms in total. The number of furan rings is 1. The molecular formula is C22H22N2O5. The van der Waals surface area contributed by atoms with E-state index in [9.17, 15) is 14.4 Å². The van der Waals surface area contributed by atoms with Crippen LogP contribution in [0.3, 0.4) is 0 Å². The molecule has 1 heterocycles. The maximum atomic E-state index is 12.3. The van der Waals surface area contributed by atoms with E-state index in [0.717, 1.165) is 5.39 Å². The number of Topliss-reactive ketones (excluding diaryl/α,β-unsaturated/α-hetero) is 1. The fraction of sp³-hybridized carbons (Fsp3) is 0.227. The third-order valence-electron chi connectivity index (χ3n) is 4.43. The molecule has 2 aromatic carbocycles. The lowest BCUT2D eigenvalue weighted by molar-refractivity contribution is -0.121. The molecule has 1 aromatic heterocycles. The van der Waals surface area contributed by atoms with E-state index in [1.165, 1.54) is 0 Å². The predicted molar refractivity (Wildman–Crippen MR) is 108 cm³/mol. The van der Waals surface area contributed by atoms with Gasteiger partial charge in [0.1, 0.15) is 11.3 Å². The summed E-state index contributed by atoms with van der Waals surface area (Å²) >= 11 is 0. The fourth-order valence-electron chi connectivity index (χ4n) is 2.91. The molecule has 0 unspecified atom stereocenters. The van der Waals surface area contributed by atoms with Crippen molar-refractivity contribution in [3.63, 3.8) is 0 Å². The molecule has 0 bridgehead atoms. The lowest BCUT2D eigenvalue weighted by Gasteiger charge is -2.07. The summed E-state index contributed by atoms with van der Waals surface area (Å²) in [5.41, 5.74) is 6.43. The van der Waals surface area contributed by atoms with Gasteiger partial charge in [-0.1, -0.05) is 18.2 Å². The maximum absolute atomic E-state index is 12.3. The fourth-order valence-corrected chi connectivity index (χ4v) is 2.91. The van der Waals surface area contributed by atoms with Crippen LogP contribution in [0.15, 0.2) is 52.9 Å². The van der Waals surface area contributed by atoms with Gasteiger partial charge in [0, 0.05) is 29.4 Å². The van der Waals surface area contributed by atoms with Crippen molar-refractivity contribution >= 4 is 28.6 Å². The number of benzene rings is 2. The number of nitrogens with one attached hydrogen (secondary N) is 2. The second-order valence-electron chi connectivity index (χ2n) is 6.44. The quantitative estimate of drug-likeness (QED) is 0.472. The Kier molecular flexibility index (Phi) is 6.29. The highest BCUT2D eigenvalue weighted by molar-refractivity contribution is 6.00. The van der Waals surface area contributed by atoms with Crippen LogP contribution in [0.5, 0.6) is 5.75 Å². The Bertz CT molecular complexity index is 1040. The standard InChI is InChI=1S/C22H22N2O5/c1-3-28-16-10-8-15(9-11-16)18(25)12-13-20(26)23-24-22(27)21-14(2)17-6-4-5-7-19(17)29-21/h4-11H,3,12-13H2,1-2H3,(H,23,26)(H,24,27). The number of carbonyl (C=O) groups excluding carboxylic acids is 3. The van der Waals surface area contributed by atoms with E-state index in [0.29, 0.717) is 29.1 Å². The van der Waals surface area contributed by atoms with Crippen LogP contribution in [0.2, 0.25) is 0 Å². The zero-order valence-electron chi connectivity index (χ0n) is 16.3. The largest absolute Gasteiger partial charge is 0.494 e. The molecule has 2 N–H and O–H groups in total. The van der Waals surface area contributed by atoms with Gasteiger partial charge in [0.2, 0.25) is 5.91 Å². The van der Waals surface area contributed by atoms with E-state index in [1.54, 1.807) is 37.3 Å². The summed E-state index contributed by atoms with van der Waals surface area (Å²) in [6.07, 6.45) is -0.0230. The Morgan fingerprint density at radius 3 is 2.38 bits per heavy atom. The summed E-state index contributed by atoms with van der Waals surface area (Å²) in [5.74, 6) is -0.360. The third kappa shape index (κ3) is 4.82. The second kappa shape index (κ2) is 9.05. The van der Waals surface area contributed by atoms with Gasteiger partial charge in [0.25, 0.3) is 0 Å². The van der Waals surface area contributed by atoms with Gasteiger partial charge >= 0.3 is 5.91 Å². The average Bonchev–Trinajstić information content (AvgIpc) is 3.08. The minimum Gasteiger partial charge on any atom is -0.494 e. The van der Waals surface area contributed by atoms with Gasteiger partial charge < -0.3 is 9.15 Å². The number of carbonyl (C=O) groups is 3. The summed E-state index contributed by atoms with van der Waals surface area (Å²) in [5, 5.41) is 0.838. The van der Waals surface area contributed by atoms with Gasteiger partial charge in [-0.25, -0.2) is 0 Å². The van der Waals surface area contributed by atoms with Crippen LogP contribution in [-0.2, 0) is 4.79 Å². The number of hydrogen-bond acceptors (Lipinski definition) is 5. The Hall–Kier alpha value is -3.61. The number of rotatable bonds is 7. The number of ketones is 1. The second-order valence-corrected chi connectivity index (χ2v) is 6.44. The van der Waals surface area contributed by atoms with Crippen molar-refractivity contribution in [1.29, 1.82) is 0 Å². The number of hydrogen-bond donors (Lipinski definition) is 2. The van der Waals surface area contributed by atoms with Crippen molar-refractivity contribution < 1.29 is 23.5 Å². The number of aryl methyl sites for hydroxylation is 1. The molecule has 0 aliphatic rings. The SMILES string of the molecule is CCOc1ccc(C(=O)CCC(=O)NNC(=O)c2oc3ccccc3c2C)cc1. The molecule has 29 heavy (non-hydrogen) atoms. The molecule has 7 heteroatoms. The van der Waals surface area contributed by atoms with Crippen molar-refractivity contribution in [2.45, 2.75) is 26.7 Å². The van der Waals surface area contributed by atoms with Crippen LogP contribution in [0.4, 0.5) is 0 Å². The molecule has 0 spiro atoms. The number of fused-ring (bicyclic) bond motifs is 1. The molecule has 0 saturated heterocycles. The van der Waals surface area contributed by atoms with Gasteiger partial charge in [-0.3, -0.25) is 25.2 Å². The van der Waals surface area contributed by atoms with Crippen LogP contribution in [0.25, 0.3) is 11.0 Å². The van der Waals surface area contributed by atoms with Gasteiger partial charge in [0.05, 0.1) is 6.61 Å². The monoisotopic (exact) mass is 394 g/mol. The van der Waals surface area contributed by atoms with E-state index in [4.69, 9.17) is 9.15 Å². The Labute approximate surface area is 168 Å². The first kappa shape index (κ1) is 20.1. The van der Waals surface area contributed by atoms with Crippen LogP contribution in [-0.4, -0.2) is 24.2 Å². The summed E-state index contributed by atoms with van der Waals surface area (Å²) in [7, 11) is 0. The van der Waals surface area contributed by atoms with Gasteiger partial charge in [-0.15, -0.1) is 0 Å². The van der Waals surface area contributed by atoms with Crippen molar-refractivity contribution in [3.8, 4) is 5.75 Å². The van der Waals surface area contributed by atoms with Crippen molar-refractivity contribution in [3.05, 3.63) is 65.4 Å². The molecule has 0 atom stereocenters. The van der Waals surface area contributed by atoms with Crippen LogP contribution >= 0.6 is 0 Å². The Balaban J connectivity index is 1.49. The number of ether oxygens (including phenoxy) is 1. The van der Waals surface area contributed by atoms with Gasteiger partial charge in [0.15, 0.2) is 11.5 Å². The Morgan fingerprint density at radius 1 is 0.966 bits per heavy atom. The zero-order valence-corrected chi connectivity index (χ0v) is 16.3. The van der Waals surface area contributed by atoms with Crippen molar-refractivity contribution in [2.24, 2.45) is 0 Å². The molecular weight excluding hydrogens is 372 g/mol. The van der Waals surface area contributed by atoms with E-state index in [2.05, 4.69) is 10.9 Å². The highest BCUT2D eigenvalue weighted by Gasteiger charge is 2.18. The van der Waals surface area contributed by atoms with Crippen LogP contribution in [0.1, 0.15) is 46.2 Å². The summed E-state index contributed by atoms with van der Waals surface area (Å²) in [4.78, 5) is 36.5. The molecule has 3 rings (SSSR count). The first-order valence-electron chi connectivity index (χ1n) is 9.33. The predicted octanol–water partition coefficient (Wildman–Crippen LogP) is 3.56. The lowest BCUT2D eigenvalue weighted by Crippen LogP contribution is -2.41. The molecule has 2 amide bonds. The van der Waals surface area contributed by atoms with Crippen LogP contribution < -0.4 is 15.6 Å². The van der Waals surface area contributed by atoms with E-state index in [-0.39, 0.29) is 24.4 Å². The normalized spacial score (nSPS) is 10.6. The topological polar surface area (TPSA) is 97.6 Å². The van der Waals surface area contributed by atoms with Gasteiger partial charge in [-0.2, -0.15) is 0 Å². The summed E-state index contributed by atoms with van der Waals surface area (Å²) in [6, 6.07) is 14.1. The zero-order chi connectivity index (χ0) is 20.8. The highest BCUT2D eigenvalue weighted by Crippen LogP contribution is 2.24. The molecule has 0 fully saturated rings. The molecule has 0 saturated carbocycles. The molecule has 0 aliphatic heterocycles. The van der Waals surface area contributed by atoms with Gasteiger partial charge in [-0.05, 0) is 44.2 Å². The summed E-state index contributed by atoms with van der Waals surface area (Å²) < 4.78 is 10.9. The minimum atomic E-state index is -0.551. The molecule has 3 aromatic rings. The first-order valence-corrected chi connectivity index (χ1v) is 9.33. The number of hydrazine groups is 1. The smallest absolute Gasteiger partial charge is 0.305 e. The molecule has 150 valence electrons. The maximum Gasteiger partial charge on any atom is 0.305 e. The van der Waals surface area contributed by atoms with E-state index < -0.39 is 11.8 Å².